The Morgan fingerprint density at radius 3 is 2.31 bits per heavy atom. The Hall–Kier alpha value is -2.63. The Kier molecular flexibility index (Phi) is 4.49. The number of carbonyl (C=O) groups excluding carboxylic acids is 1. The maximum absolute atomic E-state index is 13.0. The molecule has 3 aromatic rings. The van der Waals surface area contributed by atoms with Crippen LogP contribution in [-0.4, -0.2) is 17.6 Å². The predicted octanol–water partition coefficient (Wildman–Crippen LogP) is 4.14. The molecule has 0 saturated heterocycles. The Balaban J connectivity index is 1.59. The van der Waals surface area contributed by atoms with Gasteiger partial charge in [0.15, 0.2) is 0 Å². The van der Waals surface area contributed by atoms with Gasteiger partial charge in [-0.2, -0.15) is 0 Å². The molecule has 4 nitrogen and oxygen atoms in total. The number of hydrogen-bond acceptors (Lipinski definition) is 4. The molecule has 2 N–H and O–H groups in total. The third-order valence-corrected chi connectivity index (χ3v) is 5.74. The van der Waals surface area contributed by atoms with E-state index in [1.54, 1.807) is 0 Å². The minimum absolute atomic E-state index is 0.138. The van der Waals surface area contributed by atoms with Crippen LogP contribution in [0.1, 0.15) is 33.6 Å². The number of para-hydroxylation sites is 2. The maximum atomic E-state index is 13.0. The molecule has 0 fully saturated rings. The normalized spacial score (nSPS) is 14.1. The fourth-order valence-corrected chi connectivity index (χ4v) is 4.22. The van der Waals surface area contributed by atoms with Crippen molar-refractivity contribution >= 4 is 17.2 Å². The molecule has 1 atom stereocenters. The fraction of sp³-hybridized carbons (Fsp3) is 0.190. The average Bonchev–Trinajstić information content (AvgIpc) is 3.10. The summed E-state index contributed by atoms with van der Waals surface area (Å²) in [5.74, 6) is 0.802. The van der Waals surface area contributed by atoms with Crippen LogP contribution < -0.4 is 10.1 Å². The maximum Gasteiger partial charge on any atom is 0.232 e. The number of amides is 1. The van der Waals surface area contributed by atoms with E-state index in [0.29, 0.717) is 11.5 Å². The van der Waals surface area contributed by atoms with Crippen molar-refractivity contribution in [2.75, 3.05) is 6.54 Å². The molecule has 0 aliphatic carbocycles. The summed E-state index contributed by atoms with van der Waals surface area (Å²) in [4.78, 5) is 13.9. The SMILES string of the molecule is Cc1ccsc1[C@H](O)CNC(=O)C1c2ccccc2Oc2ccccc21. The van der Waals surface area contributed by atoms with Gasteiger partial charge in [-0.3, -0.25) is 4.79 Å². The first-order valence-electron chi connectivity index (χ1n) is 8.50. The van der Waals surface area contributed by atoms with Crippen LogP contribution in [-0.2, 0) is 4.79 Å². The number of nitrogens with one attached hydrogen (secondary N) is 1. The lowest BCUT2D eigenvalue weighted by Gasteiger charge is -2.27. The van der Waals surface area contributed by atoms with E-state index in [4.69, 9.17) is 4.74 Å². The Labute approximate surface area is 156 Å². The van der Waals surface area contributed by atoms with E-state index < -0.39 is 12.0 Å². The monoisotopic (exact) mass is 365 g/mol. The quantitative estimate of drug-likeness (QED) is 0.730. The van der Waals surface area contributed by atoms with Crippen LogP contribution in [0.4, 0.5) is 0 Å². The standard InChI is InChI=1S/C21H19NO3S/c1-13-10-11-26-20(13)16(23)12-22-21(24)19-14-6-2-4-8-17(14)25-18-9-5-3-7-15(18)19/h2-11,16,19,23H,12H2,1H3,(H,22,24)/t16-/m1/s1. The first-order valence-corrected chi connectivity index (χ1v) is 9.38. The van der Waals surface area contributed by atoms with Crippen molar-refractivity contribution in [1.29, 1.82) is 0 Å². The largest absolute Gasteiger partial charge is 0.457 e. The second-order valence-electron chi connectivity index (χ2n) is 6.34. The van der Waals surface area contributed by atoms with Gasteiger partial charge in [-0.1, -0.05) is 36.4 Å². The zero-order valence-corrected chi connectivity index (χ0v) is 15.1. The van der Waals surface area contributed by atoms with Crippen molar-refractivity contribution in [2.45, 2.75) is 18.9 Å². The lowest BCUT2D eigenvalue weighted by atomic mass is 9.87. The van der Waals surface area contributed by atoms with E-state index >= 15 is 0 Å². The molecule has 1 amide bonds. The highest BCUT2D eigenvalue weighted by Gasteiger charge is 2.32. The summed E-state index contributed by atoms with van der Waals surface area (Å²) in [6.45, 7) is 2.14. The molecular formula is C21H19NO3S. The van der Waals surface area contributed by atoms with E-state index in [0.717, 1.165) is 21.6 Å². The van der Waals surface area contributed by atoms with Crippen LogP contribution >= 0.6 is 11.3 Å². The summed E-state index contributed by atoms with van der Waals surface area (Å²) < 4.78 is 5.93. The third-order valence-electron chi connectivity index (χ3n) is 4.62. The van der Waals surface area contributed by atoms with E-state index in [1.165, 1.54) is 11.3 Å². The second kappa shape index (κ2) is 6.94. The number of benzene rings is 2. The number of thiophene rings is 1. The van der Waals surface area contributed by atoms with Crippen molar-refractivity contribution in [3.8, 4) is 11.5 Å². The second-order valence-corrected chi connectivity index (χ2v) is 7.29. The molecule has 0 spiro atoms. The number of rotatable bonds is 4. The molecule has 1 aromatic heterocycles. The van der Waals surface area contributed by atoms with Gasteiger partial charge in [0.05, 0.1) is 5.92 Å². The lowest BCUT2D eigenvalue weighted by molar-refractivity contribution is -0.122. The molecule has 5 heteroatoms. The highest BCUT2D eigenvalue weighted by atomic mass is 32.1. The lowest BCUT2D eigenvalue weighted by Crippen LogP contribution is -2.34. The summed E-state index contributed by atoms with van der Waals surface area (Å²) >= 11 is 1.50. The Bertz CT molecular complexity index is 904. The van der Waals surface area contributed by atoms with Crippen LogP contribution in [0, 0.1) is 6.92 Å². The molecule has 0 bridgehead atoms. The van der Waals surface area contributed by atoms with E-state index in [9.17, 15) is 9.90 Å². The van der Waals surface area contributed by atoms with Crippen molar-refractivity contribution in [2.24, 2.45) is 0 Å². The summed E-state index contributed by atoms with van der Waals surface area (Å²) in [6, 6.07) is 17.1. The highest BCUT2D eigenvalue weighted by Crippen LogP contribution is 2.43. The van der Waals surface area contributed by atoms with Crippen LogP contribution in [0.15, 0.2) is 60.0 Å². The van der Waals surface area contributed by atoms with Gasteiger partial charge in [0.1, 0.15) is 17.6 Å². The zero-order valence-electron chi connectivity index (χ0n) is 14.3. The topological polar surface area (TPSA) is 58.6 Å². The summed E-state index contributed by atoms with van der Waals surface area (Å²) in [7, 11) is 0. The Morgan fingerprint density at radius 1 is 1.12 bits per heavy atom. The van der Waals surface area contributed by atoms with Gasteiger partial charge in [0.25, 0.3) is 0 Å². The van der Waals surface area contributed by atoms with Gasteiger partial charge in [0, 0.05) is 22.5 Å². The van der Waals surface area contributed by atoms with Gasteiger partial charge >= 0.3 is 0 Å². The van der Waals surface area contributed by atoms with E-state index in [-0.39, 0.29) is 12.5 Å². The van der Waals surface area contributed by atoms with Gasteiger partial charge < -0.3 is 15.2 Å². The number of hydrogen-bond donors (Lipinski definition) is 2. The molecule has 132 valence electrons. The van der Waals surface area contributed by atoms with Gasteiger partial charge in [-0.25, -0.2) is 0 Å². The predicted molar refractivity (Wildman–Crippen MR) is 102 cm³/mol. The van der Waals surface area contributed by atoms with E-state index in [1.807, 2.05) is 66.9 Å². The Morgan fingerprint density at radius 2 is 1.73 bits per heavy atom. The van der Waals surface area contributed by atoms with Crippen LogP contribution in [0.5, 0.6) is 11.5 Å². The fourth-order valence-electron chi connectivity index (χ4n) is 3.31. The summed E-state index contributed by atoms with van der Waals surface area (Å²) in [5, 5.41) is 15.3. The molecule has 0 unspecified atom stereocenters. The van der Waals surface area contributed by atoms with Gasteiger partial charge in [-0.05, 0) is 36.1 Å². The molecule has 1 aliphatic heterocycles. The van der Waals surface area contributed by atoms with Crippen LogP contribution in [0.3, 0.4) is 0 Å². The molecule has 2 aromatic carbocycles. The molecule has 4 rings (SSSR count). The van der Waals surface area contributed by atoms with Crippen LogP contribution in [0.2, 0.25) is 0 Å². The third kappa shape index (κ3) is 3.00. The van der Waals surface area contributed by atoms with E-state index in [2.05, 4.69) is 5.32 Å². The van der Waals surface area contributed by atoms with Crippen molar-refractivity contribution in [3.05, 3.63) is 81.5 Å². The average molecular weight is 365 g/mol. The molecule has 1 aliphatic rings. The number of aliphatic hydroxyl groups is 1. The number of ether oxygens (including phenoxy) is 1. The molecule has 2 heterocycles. The molecule has 26 heavy (non-hydrogen) atoms. The number of aliphatic hydroxyl groups excluding tert-OH is 1. The van der Waals surface area contributed by atoms with Crippen LogP contribution in [0.25, 0.3) is 0 Å². The van der Waals surface area contributed by atoms with Crippen molar-refractivity contribution in [3.63, 3.8) is 0 Å². The first-order chi connectivity index (χ1) is 12.6. The highest BCUT2D eigenvalue weighted by molar-refractivity contribution is 7.10. The molecular weight excluding hydrogens is 346 g/mol. The number of carbonyl (C=O) groups is 1. The minimum atomic E-state index is -0.704. The van der Waals surface area contributed by atoms with Crippen molar-refractivity contribution < 1.29 is 14.6 Å². The zero-order chi connectivity index (χ0) is 18.1. The van der Waals surface area contributed by atoms with Gasteiger partial charge in [0.2, 0.25) is 5.91 Å². The summed E-state index contributed by atoms with van der Waals surface area (Å²) in [6.07, 6.45) is -0.704. The molecule has 0 saturated carbocycles. The molecule has 0 radical (unpaired) electrons. The van der Waals surface area contributed by atoms with Gasteiger partial charge in [-0.15, -0.1) is 11.3 Å². The number of aryl methyl sites for hydroxylation is 1. The summed E-state index contributed by atoms with van der Waals surface area (Å²) in [5.41, 5.74) is 2.72. The van der Waals surface area contributed by atoms with Crippen molar-refractivity contribution in [1.82, 2.24) is 5.32 Å². The first kappa shape index (κ1) is 16.8. The minimum Gasteiger partial charge on any atom is -0.457 e. The number of fused-ring (bicyclic) bond motifs is 2. The smallest absolute Gasteiger partial charge is 0.232 e.